The number of hydrogen-bond donors (Lipinski definition) is 2. The number of aromatic nitrogens is 4. The van der Waals surface area contributed by atoms with Crippen LogP contribution in [0.3, 0.4) is 0 Å². The van der Waals surface area contributed by atoms with E-state index in [1.54, 1.807) is 35.6 Å². The third-order valence-electron chi connectivity index (χ3n) is 4.78. The monoisotopic (exact) mass is 461 g/mol. The van der Waals surface area contributed by atoms with Crippen LogP contribution in [0.2, 0.25) is 0 Å². The highest BCUT2D eigenvalue weighted by atomic mass is 32.1. The summed E-state index contributed by atoms with van der Waals surface area (Å²) in [5, 5.41) is 13.6. The fourth-order valence-corrected chi connectivity index (χ4v) is 5.03. The van der Waals surface area contributed by atoms with Crippen LogP contribution in [0, 0.1) is 0 Å². The molecule has 0 saturated carbocycles. The van der Waals surface area contributed by atoms with Crippen molar-refractivity contribution in [1.29, 1.82) is 0 Å². The average Bonchev–Trinajstić information content (AvgIpc) is 3.46. The highest BCUT2D eigenvalue weighted by molar-refractivity contribution is 7.18. The van der Waals surface area contributed by atoms with Gasteiger partial charge >= 0.3 is 0 Å². The lowest BCUT2D eigenvalue weighted by atomic mass is 10.1. The van der Waals surface area contributed by atoms with Crippen LogP contribution < -0.4 is 16.4 Å². The first-order chi connectivity index (χ1) is 15.6. The first-order valence-corrected chi connectivity index (χ1v) is 11.3. The molecule has 1 aromatic carbocycles. The van der Waals surface area contributed by atoms with Crippen LogP contribution in [0.4, 0.5) is 5.69 Å². The van der Waals surface area contributed by atoms with Crippen molar-refractivity contribution in [2.45, 2.75) is 6.54 Å². The van der Waals surface area contributed by atoms with Gasteiger partial charge in [-0.05, 0) is 29.6 Å². The molecular weight excluding hydrogens is 446 g/mol. The van der Waals surface area contributed by atoms with Gasteiger partial charge in [0.1, 0.15) is 11.4 Å². The molecule has 4 aromatic heterocycles. The van der Waals surface area contributed by atoms with Crippen LogP contribution in [0.15, 0.2) is 75.2 Å². The fraction of sp³-hybridized carbons (Fsp3) is 0.0455. The van der Waals surface area contributed by atoms with Crippen LogP contribution in [0.25, 0.3) is 31.9 Å². The molecule has 0 aliphatic heterocycles. The van der Waals surface area contributed by atoms with Crippen molar-refractivity contribution < 1.29 is 4.79 Å². The van der Waals surface area contributed by atoms with E-state index in [0.29, 0.717) is 21.6 Å². The Hall–Kier alpha value is -3.89. The summed E-state index contributed by atoms with van der Waals surface area (Å²) >= 11 is 2.96. The first-order valence-electron chi connectivity index (χ1n) is 9.55. The van der Waals surface area contributed by atoms with Crippen molar-refractivity contribution in [2.75, 3.05) is 5.32 Å². The van der Waals surface area contributed by atoms with Gasteiger partial charge < -0.3 is 5.32 Å². The Kier molecular flexibility index (Phi) is 5.21. The molecule has 0 aliphatic rings. The third-order valence-corrected chi connectivity index (χ3v) is 6.57. The summed E-state index contributed by atoms with van der Waals surface area (Å²) in [6, 6.07) is 14.0. The summed E-state index contributed by atoms with van der Waals surface area (Å²) < 4.78 is 1.31. The van der Waals surface area contributed by atoms with Gasteiger partial charge in [-0.3, -0.25) is 19.0 Å². The highest BCUT2D eigenvalue weighted by Gasteiger charge is 2.15. The van der Waals surface area contributed by atoms with Gasteiger partial charge in [0.25, 0.3) is 11.1 Å². The Morgan fingerprint density at radius 3 is 2.78 bits per heavy atom. The lowest BCUT2D eigenvalue weighted by Crippen LogP contribution is -2.27. The molecule has 0 saturated heterocycles. The van der Waals surface area contributed by atoms with Gasteiger partial charge in [-0.2, -0.15) is 5.10 Å². The molecule has 0 fully saturated rings. The summed E-state index contributed by atoms with van der Waals surface area (Å²) in [5.74, 6) is -0.354. The molecule has 2 N–H and O–H groups in total. The molecule has 32 heavy (non-hydrogen) atoms. The minimum atomic E-state index is -0.354. The second kappa shape index (κ2) is 8.33. The van der Waals surface area contributed by atoms with Crippen LogP contribution in [-0.4, -0.2) is 25.7 Å². The number of carbonyl (C=O) groups is 1. The topological polar surface area (TPSA) is 110 Å². The zero-order valence-corrected chi connectivity index (χ0v) is 18.1. The summed E-state index contributed by atoms with van der Waals surface area (Å²) in [7, 11) is 0. The smallest absolute Gasteiger partial charge is 0.264 e. The maximum atomic E-state index is 13.1. The SMILES string of the molecule is O=C(Cn1cnc2scc(-c3cccs3)c2c1=O)Nc1cccc(-c2ccc(=O)[nH]n2)c1. The second-order valence-electron chi connectivity index (χ2n) is 6.92. The first kappa shape index (κ1) is 20.0. The van der Waals surface area contributed by atoms with Crippen LogP contribution in [0.5, 0.6) is 0 Å². The summed E-state index contributed by atoms with van der Waals surface area (Å²) in [5.41, 5.74) is 2.16. The number of fused-ring (bicyclic) bond motifs is 1. The molecule has 8 nitrogen and oxygen atoms in total. The van der Waals surface area contributed by atoms with Gasteiger partial charge in [0.15, 0.2) is 0 Å². The number of aromatic amines is 1. The molecule has 0 aliphatic carbocycles. The van der Waals surface area contributed by atoms with Gasteiger partial charge in [0, 0.05) is 33.1 Å². The molecule has 0 radical (unpaired) electrons. The van der Waals surface area contributed by atoms with E-state index in [4.69, 9.17) is 0 Å². The van der Waals surface area contributed by atoms with Crippen molar-refractivity contribution in [1.82, 2.24) is 19.7 Å². The fourth-order valence-electron chi connectivity index (χ4n) is 3.31. The number of rotatable bonds is 5. The van der Waals surface area contributed by atoms with E-state index >= 15 is 0 Å². The minimum absolute atomic E-state index is 0.164. The minimum Gasteiger partial charge on any atom is -0.325 e. The molecule has 4 heterocycles. The summed E-state index contributed by atoms with van der Waals surface area (Å²) in [4.78, 5) is 42.9. The molecule has 10 heteroatoms. The normalized spacial score (nSPS) is 11.0. The standard InChI is InChI=1S/C22H15N5O3S2/c28-18-7-6-16(25-26-18)13-3-1-4-14(9-13)24-19(29)10-27-12-23-21-20(22(27)30)15(11-32-21)17-5-2-8-31-17/h1-9,11-12H,10H2,(H,24,29)(H,26,28). The molecule has 158 valence electrons. The van der Waals surface area contributed by atoms with Crippen LogP contribution in [0.1, 0.15) is 0 Å². The third kappa shape index (κ3) is 3.88. The number of nitrogens with zero attached hydrogens (tertiary/aromatic N) is 3. The number of carbonyl (C=O) groups excluding carboxylic acids is 1. The second-order valence-corrected chi connectivity index (χ2v) is 8.73. The van der Waals surface area contributed by atoms with E-state index in [0.717, 1.165) is 16.0 Å². The maximum absolute atomic E-state index is 13.1. The predicted molar refractivity (Wildman–Crippen MR) is 126 cm³/mol. The number of hydrogen-bond acceptors (Lipinski definition) is 7. The molecular formula is C22H15N5O3S2. The molecule has 5 rings (SSSR count). The number of H-pyrrole nitrogens is 1. The predicted octanol–water partition coefficient (Wildman–Crippen LogP) is 3.58. The summed E-state index contributed by atoms with van der Waals surface area (Å²) in [6.45, 7) is -0.164. The Labute approximate surface area is 188 Å². The van der Waals surface area contributed by atoms with Gasteiger partial charge in [0.05, 0.1) is 17.4 Å². The van der Waals surface area contributed by atoms with Crippen molar-refractivity contribution in [3.05, 3.63) is 86.3 Å². The summed E-state index contributed by atoms with van der Waals surface area (Å²) in [6.07, 6.45) is 1.40. The lowest BCUT2D eigenvalue weighted by Gasteiger charge is -2.09. The van der Waals surface area contributed by atoms with E-state index in [-0.39, 0.29) is 23.6 Å². The number of amides is 1. The Balaban J connectivity index is 1.39. The number of anilines is 1. The quantitative estimate of drug-likeness (QED) is 0.416. The van der Waals surface area contributed by atoms with Gasteiger partial charge in [-0.1, -0.05) is 18.2 Å². The number of benzene rings is 1. The Bertz CT molecular complexity index is 1530. The van der Waals surface area contributed by atoms with E-state index in [2.05, 4.69) is 20.5 Å². The molecule has 1 amide bonds. The molecule has 0 atom stereocenters. The molecule has 5 aromatic rings. The van der Waals surface area contributed by atoms with Gasteiger partial charge in [0.2, 0.25) is 5.91 Å². The van der Waals surface area contributed by atoms with Crippen molar-refractivity contribution in [3.63, 3.8) is 0 Å². The van der Waals surface area contributed by atoms with E-state index < -0.39 is 0 Å². The van der Waals surface area contributed by atoms with E-state index in [1.807, 2.05) is 29.0 Å². The van der Waals surface area contributed by atoms with E-state index in [1.165, 1.54) is 28.3 Å². The van der Waals surface area contributed by atoms with Crippen LogP contribution in [-0.2, 0) is 11.3 Å². The molecule has 0 unspecified atom stereocenters. The largest absolute Gasteiger partial charge is 0.325 e. The van der Waals surface area contributed by atoms with Crippen LogP contribution >= 0.6 is 22.7 Å². The molecule has 0 bridgehead atoms. The maximum Gasteiger partial charge on any atom is 0.264 e. The molecule has 0 spiro atoms. The zero-order valence-electron chi connectivity index (χ0n) is 16.4. The van der Waals surface area contributed by atoms with Crippen molar-refractivity contribution in [2.24, 2.45) is 0 Å². The van der Waals surface area contributed by atoms with Crippen molar-refractivity contribution in [3.8, 4) is 21.7 Å². The number of nitrogens with one attached hydrogen (secondary N) is 2. The van der Waals surface area contributed by atoms with Gasteiger partial charge in [-0.25, -0.2) is 10.1 Å². The lowest BCUT2D eigenvalue weighted by molar-refractivity contribution is -0.116. The highest BCUT2D eigenvalue weighted by Crippen LogP contribution is 2.33. The Morgan fingerprint density at radius 2 is 2.00 bits per heavy atom. The number of thiophene rings is 2. The van der Waals surface area contributed by atoms with E-state index in [9.17, 15) is 14.4 Å². The Morgan fingerprint density at radius 1 is 1.09 bits per heavy atom. The van der Waals surface area contributed by atoms with Crippen molar-refractivity contribution >= 4 is 44.5 Å². The van der Waals surface area contributed by atoms with Gasteiger partial charge in [-0.15, -0.1) is 22.7 Å². The average molecular weight is 462 g/mol. The zero-order chi connectivity index (χ0) is 22.1.